The molecule has 0 amide bonds. The van der Waals surface area contributed by atoms with E-state index in [1.165, 1.54) is 61.1 Å². The van der Waals surface area contributed by atoms with Gasteiger partial charge in [-0.1, -0.05) is 0 Å². The van der Waals surface area contributed by atoms with E-state index in [-0.39, 0.29) is 0 Å². The summed E-state index contributed by atoms with van der Waals surface area (Å²) in [5.41, 5.74) is 7.36. The number of aromatic nitrogens is 1. The number of rotatable bonds is 10. The first kappa shape index (κ1) is 18.8. The Balaban J connectivity index is 3.15. The maximum absolute atomic E-state index is 6.06. The first-order chi connectivity index (χ1) is 10.1. The molecule has 0 unspecified atom stereocenters. The van der Waals surface area contributed by atoms with Gasteiger partial charge in [0.1, 0.15) is 0 Å². The van der Waals surface area contributed by atoms with Gasteiger partial charge in [-0.3, -0.25) is 0 Å². The van der Waals surface area contributed by atoms with Crippen molar-refractivity contribution in [2.45, 2.75) is 79.5 Å². The van der Waals surface area contributed by atoms with Crippen LogP contribution >= 0.6 is 0 Å². The van der Waals surface area contributed by atoms with Gasteiger partial charge in [0.15, 0.2) is 0 Å². The second-order valence-electron chi connectivity index (χ2n) is 6.55. The average Bonchev–Trinajstić information content (AvgIpc) is 2.46. The van der Waals surface area contributed by atoms with E-state index in [9.17, 15) is 0 Å². The Labute approximate surface area is 135 Å². The quantitative estimate of drug-likeness (QED) is 0.563. The molecule has 0 radical (unpaired) electrons. The van der Waals surface area contributed by atoms with E-state index in [0.29, 0.717) is 0 Å². The van der Waals surface area contributed by atoms with Crippen LogP contribution in [0, 0.1) is 6.92 Å². The van der Waals surface area contributed by atoms with Crippen molar-refractivity contribution >= 4 is 27.9 Å². The van der Waals surface area contributed by atoms with Crippen LogP contribution in [0.3, 0.4) is 0 Å². The van der Waals surface area contributed by atoms with Crippen molar-refractivity contribution in [1.29, 1.82) is 0 Å². The number of anilines is 1. The van der Waals surface area contributed by atoms with Crippen molar-refractivity contribution in [3.63, 3.8) is 0 Å². The number of nitrogens with zero attached hydrogens (tertiary/aromatic N) is 1. The topological polar surface area (TPSA) is 38.9 Å². The SMILES string of the molecule is CCC[CH2][Sn]([CH2]CCC)([CH2]CCC)[c]1cc(C)cc(N)n1. The van der Waals surface area contributed by atoms with Crippen LogP contribution in [0.25, 0.3) is 0 Å². The van der Waals surface area contributed by atoms with E-state index in [1.54, 1.807) is 0 Å². The molecule has 1 heterocycles. The fraction of sp³-hybridized carbons (Fsp3) is 0.722. The molecule has 0 aliphatic carbocycles. The van der Waals surface area contributed by atoms with E-state index in [1.807, 2.05) is 6.07 Å². The molecule has 1 aromatic rings. The molecular weight excluding hydrogens is 363 g/mol. The van der Waals surface area contributed by atoms with Crippen molar-refractivity contribution in [2.75, 3.05) is 5.73 Å². The molecule has 1 aromatic heterocycles. The second kappa shape index (κ2) is 9.70. The van der Waals surface area contributed by atoms with Gasteiger partial charge in [-0.05, 0) is 0 Å². The first-order valence-electron chi connectivity index (χ1n) is 8.82. The molecule has 1 rings (SSSR count). The van der Waals surface area contributed by atoms with Crippen molar-refractivity contribution < 1.29 is 0 Å². The minimum atomic E-state index is -2.37. The van der Waals surface area contributed by atoms with Gasteiger partial charge in [-0.15, -0.1) is 0 Å². The van der Waals surface area contributed by atoms with E-state index >= 15 is 0 Å². The zero-order valence-electron chi connectivity index (χ0n) is 14.5. The summed E-state index contributed by atoms with van der Waals surface area (Å²) in [6.45, 7) is 9.11. The number of unbranched alkanes of at least 4 members (excludes halogenated alkanes) is 3. The van der Waals surface area contributed by atoms with Crippen molar-refractivity contribution in [1.82, 2.24) is 4.98 Å². The molecule has 0 atom stereocenters. The monoisotopic (exact) mass is 398 g/mol. The summed E-state index contributed by atoms with van der Waals surface area (Å²) in [5, 5.41) is 0. The average molecular weight is 397 g/mol. The third kappa shape index (κ3) is 5.80. The summed E-state index contributed by atoms with van der Waals surface area (Å²) in [7, 11) is 0. The molecule has 21 heavy (non-hydrogen) atoms. The molecule has 0 aliphatic rings. The van der Waals surface area contributed by atoms with Crippen LogP contribution in [0.15, 0.2) is 12.1 Å². The number of aryl methyl sites for hydroxylation is 1. The summed E-state index contributed by atoms with van der Waals surface area (Å²) in [6, 6.07) is 4.38. The number of nitrogens with two attached hydrogens (primary N) is 1. The van der Waals surface area contributed by atoms with Gasteiger partial charge >= 0.3 is 136 Å². The Hall–Kier alpha value is -0.251. The van der Waals surface area contributed by atoms with Gasteiger partial charge in [0.05, 0.1) is 0 Å². The van der Waals surface area contributed by atoms with Crippen LogP contribution < -0.4 is 9.44 Å². The summed E-state index contributed by atoms with van der Waals surface area (Å²) in [6.07, 6.45) is 8.03. The molecule has 2 N–H and O–H groups in total. The molecule has 0 aliphatic heterocycles. The van der Waals surface area contributed by atoms with Crippen LogP contribution in [0.4, 0.5) is 5.82 Å². The van der Waals surface area contributed by atoms with Crippen LogP contribution in [0.5, 0.6) is 0 Å². The molecule has 0 spiro atoms. The van der Waals surface area contributed by atoms with Gasteiger partial charge in [0.2, 0.25) is 0 Å². The van der Waals surface area contributed by atoms with E-state index in [2.05, 4.69) is 33.8 Å². The van der Waals surface area contributed by atoms with Crippen molar-refractivity contribution in [2.24, 2.45) is 0 Å². The van der Waals surface area contributed by atoms with Gasteiger partial charge in [0.25, 0.3) is 0 Å². The van der Waals surface area contributed by atoms with Gasteiger partial charge < -0.3 is 0 Å². The fourth-order valence-electron chi connectivity index (χ4n) is 3.27. The summed E-state index contributed by atoms with van der Waals surface area (Å²) in [4.78, 5) is 4.84. The summed E-state index contributed by atoms with van der Waals surface area (Å²) < 4.78 is 5.83. The second-order valence-corrected chi connectivity index (χ2v) is 19.6. The van der Waals surface area contributed by atoms with Crippen LogP contribution in [-0.2, 0) is 0 Å². The third-order valence-corrected chi connectivity index (χ3v) is 19.6. The number of hydrogen-bond acceptors (Lipinski definition) is 2. The Morgan fingerprint density at radius 3 is 1.76 bits per heavy atom. The predicted molar refractivity (Wildman–Crippen MR) is 97.9 cm³/mol. The molecule has 120 valence electrons. The normalized spacial score (nSPS) is 11.8. The number of nitrogen functional groups attached to an aromatic ring is 1. The van der Waals surface area contributed by atoms with Gasteiger partial charge in [-0.25, -0.2) is 0 Å². The molecule has 0 saturated carbocycles. The first-order valence-corrected chi connectivity index (χ1v) is 16.3. The van der Waals surface area contributed by atoms with E-state index in [0.717, 1.165) is 5.82 Å². The third-order valence-electron chi connectivity index (χ3n) is 4.56. The van der Waals surface area contributed by atoms with Gasteiger partial charge in [0, 0.05) is 0 Å². The maximum atomic E-state index is 6.06. The van der Waals surface area contributed by atoms with E-state index in [4.69, 9.17) is 10.7 Å². The molecule has 2 nitrogen and oxygen atoms in total. The zero-order chi connectivity index (χ0) is 15.7. The minimum absolute atomic E-state index is 0.732. The Morgan fingerprint density at radius 2 is 1.38 bits per heavy atom. The molecular formula is C18H34N2Sn. The van der Waals surface area contributed by atoms with Crippen LogP contribution in [0.2, 0.25) is 13.3 Å². The Kier molecular flexibility index (Phi) is 8.68. The molecule has 3 heteroatoms. The van der Waals surface area contributed by atoms with Crippen molar-refractivity contribution in [3.8, 4) is 0 Å². The zero-order valence-corrected chi connectivity index (χ0v) is 17.4. The summed E-state index contributed by atoms with van der Waals surface area (Å²) >= 11 is -2.37. The standard InChI is InChI=1S/C6H7N2.3C4H9.Sn/c1-5-2-3-8-6(7)4-5;3*1-3-4-2;/h2,4H,1H3,(H2,7,8);3*1,3-4H2,2H3;. The molecule has 0 aromatic carbocycles. The summed E-state index contributed by atoms with van der Waals surface area (Å²) in [5.74, 6) is 0.732. The van der Waals surface area contributed by atoms with Crippen LogP contribution in [-0.4, -0.2) is 23.4 Å². The molecule has 0 bridgehead atoms. The number of hydrogen-bond donors (Lipinski definition) is 1. The Bertz CT molecular complexity index is 376. The molecule has 0 saturated heterocycles. The van der Waals surface area contributed by atoms with Crippen molar-refractivity contribution in [3.05, 3.63) is 17.7 Å². The number of pyridine rings is 1. The Morgan fingerprint density at radius 1 is 0.905 bits per heavy atom. The molecule has 0 fully saturated rings. The van der Waals surface area contributed by atoms with E-state index < -0.39 is 18.4 Å². The predicted octanol–water partition coefficient (Wildman–Crippen LogP) is 5.03. The van der Waals surface area contributed by atoms with Crippen LogP contribution in [0.1, 0.15) is 64.9 Å². The fourth-order valence-corrected chi connectivity index (χ4v) is 19.0. The van der Waals surface area contributed by atoms with Gasteiger partial charge in [-0.2, -0.15) is 0 Å².